The molecule has 0 aliphatic rings. The number of carbonyl (C=O) groups is 1. The maximum atomic E-state index is 12.5. The average molecular weight is 484 g/mol. The predicted octanol–water partition coefficient (Wildman–Crippen LogP) is 8.56. The molecule has 1 aromatic carbocycles. The topological polar surface area (TPSA) is 57.7 Å². The Kier molecular flexibility index (Phi) is 14.6. The molecule has 0 aliphatic carbocycles. The van der Waals surface area contributed by atoms with Crippen molar-refractivity contribution in [1.82, 2.24) is 4.98 Å². The summed E-state index contributed by atoms with van der Waals surface area (Å²) >= 11 is 0. The number of carbonyl (C=O) groups excluding carboxylic acids is 1. The first-order valence-electron chi connectivity index (χ1n) is 13.7. The lowest BCUT2D eigenvalue weighted by Gasteiger charge is -2.13. The van der Waals surface area contributed by atoms with Gasteiger partial charge in [-0.2, -0.15) is 0 Å². The quantitative estimate of drug-likeness (QED) is 0.114. The maximum absolute atomic E-state index is 12.5. The molecule has 35 heavy (non-hydrogen) atoms. The van der Waals surface area contributed by atoms with Crippen LogP contribution < -0.4 is 14.2 Å². The summed E-state index contributed by atoms with van der Waals surface area (Å²) in [4.78, 5) is 16.7. The van der Waals surface area contributed by atoms with Gasteiger partial charge < -0.3 is 14.2 Å². The smallest absolute Gasteiger partial charge is 0.345 e. The summed E-state index contributed by atoms with van der Waals surface area (Å²) < 4.78 is 17.1. The second kappa shape index (κ2) is 17.8. The minimum Gasteiger partial charge on any atom is -0.494 e. The molecule has 0 spiro atoms. The van der Waals surface area contributed by atoms with Crippen molar-refractivity contribution in [2.75, 3.05) is 6.61 Å². The van der Waals surface area contributed by atoms with Crippen LogP contribution in [0, 0.1) is 0 Å². The Labute approximate surface area is 212 Å². The van der Waals surface area contributed by atoms with E-state index >= 15 is 0 Å². The first-order chi connectivity index (χ1) is 17.1. The number of rotatable bonds is 19. The number of unbranched alkanes of at least 4 members (excludes halogenated alkanes) is 10. The fourth-order valence-corrected chi connectivity index (χ4v) is 3.89. The molecule has 0 radical (unpaired) electrons. The zero-order valence-electron chi connectivity index (χ0n) is 22.1. The zero-order chi connectivity index (χ0) is 25.1. The molecule has 5 nitrogen and oxygen atoms in total. The van der Waals surface area contributed by atoms with E-state index in [1.54, 1.807) is 24.3 Å². The molecular weight excluding hydrogens is 438 g/mol. The van der Waals surface area contributed by atoms with Crippen molar-refractivity contribution in [1.29, 1.82) is 0 Å². The molecule has 194 valence electrons. The van der Waals surface area contributed by atoms with Gasteiger partial charge in [0.15, 0.2) is 0 Å². The van der Waals surface area contributed by atoms with E-state index in [9.17, 15) is 4.79 Å². The van der Waals surface area contributed by atoms with Crippen molar-refractivity contribution >= 4 is 5.97 Å². The summed E-state index contributed by atoms with van der Waals surface area (Å²) in [6, 6.07) is 10.6. The highest BCUT2D eigenvalue weighted by atomic mass is 16.5. The van der Waals surface area contributed by atoms with Gasteiger partial charge in [0, 0.05) is 12.3 Å². The van der Waals surface area contributed by atoms with Crippen molar-refractivity contribution in [2.24, 2.45) is 0 Å². The fraction of sp³-hybridized carbons (Fsp3) is 0.600. The van der Waals surface area contributed by atoms with Crippen LogP contribution >= 0.6 is 0 Å². The van der Waals surface area contributed by atoms with Crippen LogP contribution in [0.25, 0.3) is 0 Å². The van der Waals surface area contributed by atoms with E-state index in [1.807, 2.05) is 12.1 Å². The minimum absolute atomic E-state index is 0.105. The Balaban J connectivity index is 1.66. The predicted molar refractivity (Wildman–Crippen MR) is 143 cm³/mol. The van der Waals surface area contributed by atoms with Gasteiger partial charge in [-0.3, -0.25) is 0 Å². The number of aromatic nitrogens is 1. The van der Waals surface area contributed by atoms with Crippen LogP contribution in [0.15, 0.2) is 42.6 Å². The molecule has 1 heterocycles. The standard InChI is InChI=1S/C30H45NO4/c1-4-6-8-10-11-12-13-15-23-33-27-18-20-28(21-19-27)35-30(32)26-17-22-29(31-24-26)34-25(3)16-14-9-7-5-2/h17-22,24-25H,4-16,23H2,1-3H3/t25-/m0/s1. The van der Waals surface area contributed by atoms with Crippen molar-refractivity contribution in [3.05, 3.63) is 48.2 Å². The summed E-state index contributed by atoms with van der Waals surface area (Å²) in [5.41, 5.74) is 0.392. The Hall–Kier alpha value is -2.56. The molecule has 0 fully saturated rings. The van der Waals surface area contributed by atoms with Gasteiger partial charge in [0.1, 0.15) is 11.5 Å². The van der Waals surface area contributed by atoms with Gasteiger partial charge in [-0.1, -0.05) is 78.1 Å². The summed E-state index contributed by atoms with van der Waals surface area (Å²) in [5.74, 6) is 1.36. The molecule has 1 aromatic heterocycles. The van der Waals surface area contributed by atoms with Crippen LogP contribution in [-0.4, -0.2) is 23.7 Å². The first kappa shape index (κ1) is 28.7. The summed E-state index contributed by atoms with van der Waals surface area (Å²) in [6.07, 6.45) is 17.7. The number of hydrogen-bond acceptors (Lipinski definition) is 5. The minimum atomic E-state index is -0.440. The average Bonchev–Trinajstić information content (AvgIpc) is 2.87. The van der Waals surface area contributed by atoms with E-state index in [0.29, 0.717) is 23.8 Å². The van der Waals surface area contributed by atoms with Crippen molar-refractivity contribution in [3.63, 3.8) is 0 Å². The fourth-order valence-electron chi connectivity index (χ4n) is 3.89. The highest BCUT2D eigenvalue weighted by Crippen LogP contribution is 2.20. The van der Waals surface area contributed by atoms with Gasteiger partial charge in [-0.15, -0.1) is 0 Å². The normalized spacial score (nSPS) is 11.7. The van der Waals surface area contributed by atoms with Crippen molar-refractivity contribution in [2.45, 2.75) is 110 Å². The molecule has 0 saturated carbocycles. The van der Waals surface area contributed by atoms with Crippen LogP contribution in [0.1, 0.15) is 115 Å². The van der Waals surface area contributed by atoms with Gasteiger partial charge in [0.25, 0.3) is 0 Å². The molecule has 0 saturated heterocycles. The van der Waals surface area contributed by atoms with E-state index in [2.05, 4.69) is 25.8 Å². The summed E-state index contributed by atoms with van der Waals surface area (Å²) in [7, 11) is 0. The first-order valence-corrected chi connectivity index (χ1v) is 13.7. The van der Waals surface area contributed by atoms with E-state index in [1.165, 1.54) is 70.4 Å². The molecule has 1 atom stereocenters. The largest absolute Gasteiger partial charge is 0.494 e. The van der Waals surface area contributed by atoms with Gasteiger partial charge in [-0.05, 0) is 56.5 Å². The number of ether oxygens (including phenoxy) is 3. The van der Waals surface area contributed by atoms with Crippen molar-refractivity contribution < 1.29 is 19.0 Å². The molecule has 0 amide bonds. The molecule has 5 heteroatoms. The highest BCUT2D eigenvalue weighted by Gasteiger charge is 2.11. The SMILES string of the molecule is CCCCCCCCCCOc1ccc(OC(=O)c2ccc(O[C@@H](C)CCCCCC)nc2)cc1. The van der Waals surface area contributed by atoms with Crippen LogP contribution in [0.5, 0.6) is 17.4 Å². The molecule has 0 aliphatic heterocycles. The van der Waals surface area contributed by atoms with Gasteiger partial charge in [0.05, 0.1) is 18.3 Å². The van der Waals surface area contributed by atoms with Gasteiger partial charge in [0.2, 0.25) is 5.88 Å². The Morgan fingerprint density at radius 1 is 0.771 bits per heavy atom. The monoisotopic (exact) mass is 483 g/mol. The molecular formula is C30H45NO4. The van der Waals surface area contributed by atoms with Crippen molar-refractivity contribution in [3.8, 4) is 17.4 Å². The molecule has 2 rings (SSSR count). The van der Waals surface area contributed by atoms with E-state index < -0.39 is 5.97 Å². The second-order valence-electron chi connectivity index (χ2n) is 9.35. The second-order valence-corrected chi connectivity index (χ2v) is 9.35. The third-order valence-corrected chi connectivity index (χ3v) is 6.06. The number of benzene rings is 1. The third-order valence-electron chi connectivity index (χ3n) is 6.06. The van der Waals surface area contributed by atoms with Gasteiger partial charge >= 0.3 is 5.97 Å². The number of nitrogens with zero attached hydrogens (tertiary/aromatic N) is 1. The van der Waals surface area contributed by atoms with E-state index in [4.69, 9.17) is 14.2 Å². The Morgan fingerprint density at radius 3 is 2.00 bits per heavy atom. The molecule has 0 N–H and O–H groups in total. The summed E-state index contributed by atoms with van der Waals surface area (Å²) in [5, 5.41) is 0. The number of esters is 1. The van der Waals surface area contributed by atoms with Crippen LogP contribution in [0.4, 0.5) is 0 Å². The van der Waals surface area contributed by atoms with Crippen LogP contribution in [0.3, 0.4) is 0 Å². The summed E-state index contributed by atoms with van der Waals surface area (Å²) in [6.45, 7) is 7.22. The van der Waals surface area contributed by atoms with Crippen LogP contribution in [0.2, 0.25) is 0 Å². The number of pyridine rings is 1. The Morgan fingerprint density at radius 2 is 1.37 bits per heavy atom. The van der Waals surface area contributed by atoms with E-state index in [-0.39, 0.29) is 6.10 Å². The molecule has 2 aromatic rings. The lowest BCUT2D eigenvalue weighted by molar-refractivity contribution is 0.0734. The zero-order valence-corrected chi connectivity index (χ0v) is 22.1. The highest BCUT2D eigenvalue weighted by molar-refractivity contribution is 5.90. The van der Waals surface area contributed by atoms with Gasteiger partial charge in [-0.25, -0.2) is 9.78 Å². The molecule has 0 bridgehead atoms. The number of hydrogen-bond donors (Lipinski definition) is 0. The third kappa shape index (κ3) is 12.6. The molecule has 0 unspecified atom stereocenters. The lowest BCUT2D eigenvalue weighted by Crippen LogP contribution is -2.13. The lowest BCUT2D eigenvalue weighted by atomic mass is 10.1. The maximum Gasteiger partial charge on any atom is 0.345 e. The van der Waals surface area contributed by atoms with Crippen LogP contribution in [-0.2, 0) is 0 Å². The van der Waals surface area contributed by atoms with E-state index in [0.717, 1.165) is 25.0 Å². The Bertz CT molecular complexity index is 804.